The van der Waals surface area contributed by atoms with Gasteiger partial charge in [-0.1, -0.05) is 13.8 Å². The average Bonchev–Trinajstić information content (AvgIpc) is 3.53. The number of carbonyl (C=O) groups is 3. The predicted octanol–water partition coefficient (Wildman–Crippen LogP) is 1.67. The molecule has 2 aromatic heterocycles. The molecule has 20 heteroatoms. The minimum Gasteiger partial charge on any atom is -0.444 e. The van der Waals surface area contributed by atoms with Crippen molar-refractivity contribution in [3.63, 3.8) is 0 Å². The van der Waals surface area contributed by atoms with Crippen molar-refractivity contribution in [3.8, 4) is 6.07 Å². The summed E-state index contributed by atoms with van der Waals surface area (Å²) in [5.41, 5.74) is -1.45. The summed E-state index contributed by atoms with van der Waals surface area (Å²) in [6, 6.07) is 1.77. The number of amides is 3. The molecule has 0 radical (unpaired) electrons. The van der Waals surface area contributed by atoms with Gasteiger partial charge < -0.3 is 29.7 Å². The maximum absolute atomic E-state index is 12.7. The van der Waals surface area contributed by atoms with E-state index in [1.54, 1.807) is 40.7 Å². The van der Waals surface area contributed by atoms with Crippen LogP contribution in [-0.4, -0.2) is 86.6 Å². The van der Waals surface area contributed by atoms with Gasteiger partial charge >= 0.3 is 20.0 Å². The molecule has 5 N–H and O–H groups in total. The second-order valence-corrected chi connectivity index (χ2v) is 12.5. The van der Waals surface area contributed by atoms with Crippen molar-refractivity contribution < 1.29 is 47.1 Å². The number of ether oxygens (including phenoxy) is 3. The molecule has 1 aliphatic heterocycles. The first-order valence-electron chi connectivity index (χ1n) is 13.9. The van der Waals surface area contributed by atoms with Gasteiger partial charge in [-0.2, -0.15) is 10.2 Å². The van der Waals surface area contributed by atoms with Crippen LogP contribution in [0.3, 0.4) is 0 Å². The van der Waals surface area contributed by atoms with Crippen LogP contribution in [0.5, 0.6) is 0 Å². The molecule has 248 valence electrons. The fourth-order valence-corrected chi connectivity index (χ4v) is 4.60. The normalized spacial score (nSPS) is 19.5. The summed E-state index contributed by atoms with van der Waals surface area (Å²) in [4.78, 5) is 70.1. The molecule has 1 fully saturated rings. The number of aromatic amines is 1. The number of hydrogen-bond acceptors (Lipinski definition) is 13. The molecule has 2 aromatic rings. The molecule has 2 unspecified atom stereocenters. The highest BCUT2D eigenvalue weighted by Gasteiger charge is 2.41. The smallest absolute Gasteiger partial charge is 0.444 e. The molecule has 0 spiro atoms. The first-order chi connectivity index (χ1) is 21.1. The Morgan fingerprint density at radius 1 is 1.24 bits per heavy atom. The number of anilines is 1. The molecule has 0 bridgehead atoms. The molecule has 3 heterocycles. The Hall–Kier alpha value is -4.08. The van der Waals surface area contributed by atoms with Crippen LogP contribution in [0.15, 0.2) is 11.1 Å². The molecule has 4 atom stereocenters. The van der Waals surface area contributed by atoms with E-state index in [0.29, 0.717) is 0 Å². The molecule has 0 aliphatic carbocycles. The predicted molar refractivity (Wildman–Crippen MR) is 155 cm³/mol. The Labute approximate surface area is 257 Å². The molecule has 1 aliphatic rings. The van der Waals surface area contributed by atoms with Crippen molar-refractivity contribution in [2.24, 2.45) is 5.92 Å². The van der Waals surface area contributed by atoms with Crippen LogP contribution in [0.2, 0.25) is 0 Å². The number of hydrogen-bond donors (Lipinski definition) is 5. The van der Waals surface area contributed by atoms with E-state index in [2.05, 4.69) is 30.9 Å². The Bertz CT molecular complexity index is 1510. The van der Waals surface area contributed by atoms with Gasteiger partial charge in [0, 0.05) is 25.4 Å². The summed E-state index contributed by atoms with van der Waals surface area (Å²) in [7, 11) is -4.53. The summed E-state index contributed by atoms with van der Waals surface area (Å²) >= 11 is 0. The lowest BCUT2D eigenvalue weighted by molar-refractivity contribution is -0.118. The largest absolute Gasteiger partial charge is 0.472 e. The third-order valence-corrected chi connectivity index (χ3v) is 6.81. The van der Waals surface area contributed by atoms with Crippen molar-refractivity contribution in [1.82, 2.24) is 30.2 Å². The monoisotopic (exact) mass is 656 g/mol. The highest BCUT2D eigenvalue weighted by atomic mass is 31.2. The number of imidazole rings is 1. The number of fused-ring (bicyclic) bond motifs is 1. The van der Waals surface area contributed by atoms with Gasteiger partial charge in [0.05, 0.1) is 38.1 Å². The summed E-state index contributed by atoms with van der Waals surface area (Å²) < 4.78 is 39.9. The quantitative estimate of drug-likeness (QED) is 0.152. The van der Waals surface area contributed by atoms with Gasteiger partial charge in [0.15, 0.2) is 23.5 Å². The number of carbonyl (C=O) groups excluding carboxylic acids is 3. The highest BCUT2D eigenvalue weighted by molar-refractivity contribution is 7.47. The number of nitriles is 1. The number of phosphoric ester groups is 1. The van der Waals surface area contributed by atoms with E-state index in [9.17, 15) is 28.6 Å². The van der Waals surface area contributed by atoms with Crippen LogP contribution < -0.4 is 21.5 Å². The van der Waals surface area contributed by atoms with Gasteiger partial charge in [-0.15, -0.1) is 0 Å². The minimum atomic E-state index is -4.53. The van der Waals surface area contributed by atoms with Crippen LogP contribution in [0.25, 0.3) is 11.2 Å². The molecule has 1 saturated heterocycles. The summed E-state index contributed by atoms with van der Waals surface area (Å²) in [5.74, 6) is -0.950. The second kappa shape index (κ2) is 15.3. The van der Waals surface area contributed by atoms with Crippen molar-refractivity contribution in [3.05, 3.63) is 16.7 Å². The first-order valence-corrected chi connectivity index (χ1v) is 15.4. The van der Waals surface area contributed by atoms with Crippen LogP contribution in [0.1, 0.15) is 53.7 Å². The number of rotatable bonds is 13. The Morgan fingerprint density at radius 3 is 2.58 bits per heavy atom. The Morgan fingerprint density at radius 2 is 1.93 bits per heavy atom. The van der Waals surface area contributed by atoms with E-state index < -0.39 is 68.0 Å². The van der Waals surface area contributed by atoms with Crippen LogP contribution in [-0.2, 0) is 32.6 Å². The minimum absolute atomic E-state index is 0.00684. The third kappa shape index (κ3) is 10.8. The number of aromatic nitrogens is 4. The number of alkyl carbamates (subject to hydrolysis) is 2. The van der Waals surface area contributed by atoms with E-state index in [1.807, 2.05) is 0 Å². The van der Waals surface area contributed by atoms with Crippen molar-refractivity contribution >= 4 is 43.0 Å². The van der Waals surface area contributed by atoms with E-state index in [4.69, 9.17) is 28.5 Å². The zero-order chi connectivity index (χ0) is 33.4. The number of H-pyrrole nitrogens is 1. The van der Waals surface area contributed by atoms with Gasteiger partial charge in [0.25, 0.3) is 5.56 Å². The van der Waals surface area contributed by atoms with E-state index in [-0.39, 0.29) is 49.7 Å². The van der Waals surface area contributed by atoms with Crippen LogP contribution in [0, 0.1) is 17.2 Å². The van der Waals surface area contributed by atoms with Gasteiger partial charge in [0.1, 0.15) is 5.60 Å². The van der Waals surface area contributed by atoms with E-state index >= 15 is 0 Å². The average molecular weight is 657 g/mol. The number of nitrogens with one attached hydrogen (secondary N) is 4. The second-order valence-electron chi connectivity index (χ2n) is 11.1. The van der Waals surface area contributed by atoms with Gasteiger partial charge in [-0.05, 0) is 20.8 Å². The fourth-order valence-electron chi connectivity index (χ4n) is 3.85. The van der Waals surface area contributed by atoms with Crippen molar-refractivity contribution in [2.75, 3.05) is 31.6 Å². The Kier molecular flexibility index (Phi) is 12.0. The summed E-state index contributed by atoms with van der Waals surface area (Å²) in [6.07, 6.45) is -3.59. The van der Waals surface area contributed by atoms with Gasteiger partial charge in [-0.3, -0.25) is 33.5 Å². The lowest BCUT2D eigenvalue weighted by Crippen LogP contribution is -2.39. The maximum Gasteiger partial charge on any atom is 0.472 e. The SMILES string of the molecule is CC(C)C(=O)Nc1nc2c(ncn2[C@@H]2OC(COP(=O)(O)OCCC#N)C[C@H]2OC(=O)NCCNC(=O)OC(C)(C)C)c(=O)[nH]1. The van der Waals surface area contributed by atoms with Crippen LogP contribution >= 0.6 is 7.82 Å². The lowest BCUT2D eigenvalue weighted by Gasteiger charge is -2.21. The lowest BCUT2D eigenvalue weighted by atomic mass is 10.2. The van der Waals surface area contributed by atoms with E-state index in [0.717, 1.165) is 0 Å². The van der Waals surface area contributed by atoms with Crippen molar-refractivity contribution in [1.29, 1.82) is 5.26 Å². The summed E-state index contributed by atoms with van der Waals surface area (Å²) in [5, 5.41) is 16.1. The standard InChI is InChI=1S/C25H37N8O11P/c1-14(2)19(34)31-22-30-18-17(20(35)32-22)29-13-33(18)21-16(11-15(42-21)12-41-45(38,39)40-10-6-7-26)43-23(36)27-8-9-28-24(37)44-25(3,4)5/h13-16,21H,6,8-12H2,1-5H3,(H,27,36)(H,28,37)(H,38,39)(H2,30,31,32,34,35)/t15?,16-,21-/m1/s1. The molecule has 19 nitrogen and oxygen atoms in total. The molecule has 0 aromatic carbocycles. The van der Waals surface area contributed by atoms with Gasteiger partial charge in [0.2, 0.25) is 11.9 Å². The first kappa shape index (κ1) is 35.4. The molecule has 3 amide bonds. The zero-order valence-electron chi connectivity index (χ0n) is 25.4. The fraction of sp³-hybridized carbons (Fsp3) is 0.640. The van der Waals surface area contributed by atoms with E-state index in [1.165, 1.54) is 10.9 Å². The third-order valence-electron chi connectivity index (χ3n) is 5.83. The molecular weight excluding hydrogens is 619 g/mol. The molecule has 3 rings (SSSR count). The molecule has 0 saturated carbocycles. The maximum atomic E-state index is 12.7. The Balaban J connectivity index is 1.76. The van der Waals surface area contributed by atoms with Gasteiger partial charge in [-0.25, -0.2) is 19.1 Å². The highest BCUT2D eigenvalue weighted by Crippen LogP contribution is 2.44. The summed E-state index contributed by atoms with van der Waals surface area (Å²) in [6.45, 7) is 7.67. The molecule has 45 heavy (non-hydrogen) atoms. The van der Waals surface area contributed by atoms with Crippen LogP contribution in [0.4, 0.5) is 15.5 Å². The topological polar surface area (TPSA) is 258 Å². The zero-order valence-corrected chi connectivity index (χ0v) is 26.3. The number of phosphoric acid groups is 1. The van der Waals surface area contributed by atoms with Crippen molar-refractivity contribution in [2.45, 2.75) is 71.5 Å². The molecular formula is C25H37N8O11P. The number of nitrogens with zero attached hydrogens (tertiary/aromatic N) is 4.